The predicted octanol–water partition coefficient (Wildman–Crippen LogP) is 5.25. The van der Waals surface area contributed by atoms with Gasteiger partial charge < -0.3 is 4.74 Å². The zero-order valence-corrected chi connectivity index (χ0v) is 12.2. The van der Waals surface area contributed by atoms with Gasteiger partial charge in [-0.3, -0.25) is 0 Å². The molecule has 0 amide bonds. The first-order chi connectivity index (χ1) is 8.72. The molecule has 1 saturated carbocycles. The lowest BCUT2D eigenvalue weighted by Crippen LogP contribution is -2.07. The number of rotatable bonds is 3. The van der Waals surface area contributed by atoms with Crippen LogP contribution in [0, 0.1) is 12.8 Å². The van der Waals surface area contributed by atoms with Gasteiger partial charge in [-0.05, 0) is 42.9 Å². The summed E-state index contributed by atoms with van der Waals surface area (Å²) in [5, 5.41) is 0.160. The number of aryl methyl sites for hydroxylation is 1. The standard InChI is InChI=1S/C16H23ClO/c1-12-11-14(9-10-15(12)18-2)16(17)13-7-5-3-4-6-8-13/h9-11,13,16H,3-8H2,1-2H3. The van der Waals surface area contributed by atoms with Gasteiger partial charge in [0.1, 0.15) is 5.75 Å². The highest BCUT2D eigenvalue weighted by molar-refractivity contribution is 6.21. The van der Waals surface area contributed by atoms with Gasteiger partial charge in [-0.2, -0.15) is 0 Å². The molecule has 18 heavy (non-hydrogen) atoms. The number of hydrogen-bond donors (Lipinski definition) is 0. The van der Waals surface area contributed by atoms with Gasteiger partial charge in [0.2, 0.25) is 0 Å². The molecule has 0 saturated heterocycles. The van der Waals surface area contributed by atoms with E-state index in [4.69, 9.17) is 16.3 Å². The monoisotopic (exact) mass is 266 g/mol. The van der Waals surface area contributed by atoms with E-state index in [2.05, 4.69) is 19.1 Å². The highest BCUT2D eigenvalue weighted by atomic mass is 35.5. The third-order valence-corrected chi connectivity index (χ3v) is 4.66. The van der Waals surface area contributed by atoms with Crippen molar-refractivity contribution < 1.29 is 4.74 Å². The van der Waals surface area contributed by atoms with Crippen molar-refractivity contribution in [2.45, 2.75) is 50.8 Å². The van der Waals surface area contributed by atoms with Gasteiger partial charge in [0.15, 0.2) is 0 Å². The molecule has 1 aromatic rings. The highest BCUT2D eigenvalue weighted by Crippen LogP contribution is 2.38. The second-order valence-corrected chi connectivity index (χ2v) is 5.85. The Bertz CT molecular complexity index is 381. The van der Waals surface area contributed by atoms with Gasteiger partial charge in [-0.1, -0.05) is 37.8 Å². The Balaban J connectivity index is 2.11. The molecule has 1 aromatic carbocycles. The van der Waals surface area contributed by atoms with Crippen molar-refractivity contribution >= 4 is 11.6 Å². The predicted molar refractivity (Wildman–Crippen MR) is 77.5 cm³/mol. The maximum absolute atomic E-state index is 6.68. The fourth-order valence-corrected chi connectivity index (χ4v) is 3.34. The molecule has 0 aliphatic heterocycles. The van der Waals surface area contributed by atoms with Crippen LogP contribution in [0.15, 0.2) is 18.2 Å². The van der Waals surface area contributed by atoms with Crippen molar-refractivity contribution in [2.75, 3.05) is 7.11 Å². The summed E-state index contributed by atoms with van der Waals surface area (Å²) in [4.78, 5) is 0. The van der Waals surface area contributed by atoms with E-state index in [1.165, 1.54) is 49.7 Å². The van der Waals surface area contributed by atoms with E-state index in [0.717, 1.165) is 5.75 Å². The van der Waals surface area contributed by atoms with Gasteiger partial charge in [-0.25, -0.2) is 0 Å². The van der Waals surface area contributed by atoms with Crippen LogP contribution in [-0.2, 0) is 0 Å². The molecule has 0 radical (unpaired) electrons. The van der Waals surface area contributed by atoms with E-state index in [-0.39, 0.29) is 5.38 Å². The maximum Gasteiger partial charge on any atom is 0.121 e. The fourth-order valence-electron chi connectivity index (χ4n) is 2.95. The highest BCUT2D eigenvalue weighted by Gasteiger charge is 2.22. The van der Waals surface area contributed by atoms with Gasteiger partial charge in [0.25, 0.3) is 0 Å². The van der Waals surface area contributed by atoms with Crippen molar-refractivity contribution in [3.8, 4) is 5.75 Å². The number of hydrogen-bond acceptors (Lipinski definition) is 1. The Morgan fingerprint density at radius 3 is 2.39 bits per heavy atom. The third kappa shape index (κ3) is 3.20. The summed E-state index contributed by atoms with van der Waals surface area (Å²) in [5.41, 5.74) is 2.43. The summed E-state index contributed by atoms with van der Waals surface area (Å²) in [6.45, 7) is 2.08. The smallest absolute Gasteiger partial charge is 0.121 e. The van der Waals surface area contributed by atoms with E-state index in [1.54, 1.807) is 7.11 Å². The molecular formula is C16H23ClO. The van der Waals surface area contributed by atoms with Gasteiger partial charge in [0, 0.05) is 0 Å². The topological polar surface area (TPSA) is 9.23 Å². The SMILES string of the molecule is COc1ccc(C(Cl)C2CCCCCC2)cc1C. The molecule has 100 valence electrons. The molecular weight excluding hydrogens is 244 g/mol. The Kier molecular flexibility index (Phi) is 4.94. The molecule has 1 nitrogen and oxygen atoms in total. The first-order valence-corrected chi connectivity index (χ1v) is 7.44. The summed E-state index contributed by atoms with van der Waals surface area (Å²) >= 11 is 6.68. The Labute approximate surface area is 115 Å². The number of halogens is 1. The third-order valence-electron chi connectivity index (χ3n) is 4.05. The number of alkyl halides is 1. The molecule has 1 aliphatic carbocycles. The Hall–Kier alpha value is -0.690. The van der Waals surface area contributed by atoms with E-state index < -0.39 is 0 Å². The quantitative estimate of drug-likeness (QED) is 0.536. The zero-order valence-electron chi connectivity index (χ0n) is 11.4. The maximum atomic E-state index is 6.68. The van der Waals surface area contributed by atoms with Crippen LogP contribution in [0.5, 0.6) is 5.75 Å². The molecule has 0 heterocycles. The molecule has 0 N–H and O–H groups in total. The minimum atomic E-state index is 0.160. The molecule has 2 heteroatoms. The number of benzene rings is 1. The van der Waals surface area contributed by atoms with E-state index in [0.29, 0.717) is 5.92 Å². The van der Waals surface area contributed by atoms with Crippen LogP contribution in [0.2, 0.25) is 0 Å². The van der Waals surface area contributed by atoms with E-state index >= 15 is 0 Å². The van der Waals surface area contributed by atoms with Crippen molar-refractivity contribution in [1.29, 1.82) is 0 Å². The van der Waals surface area contributed by atoms with Gasteiger partial charge >= 0.3 is 0 Å². The second-order valence-electron chi connectivity index (χ2n) is 5.38. The first-order valence-electron chi connectivity index (χ1n) is 7.01. The van der Waals surface area contributed by atoms with Crippen molar-refractivity contribution in [2.24, 2.45) is 5.92 Å². The van der Waals surface area contributed by atoms with Crippen LogP contribution in [0.4, 0.5) is 0 Å². The van der Waals surface area contributed by atoms with Crippen LogP contribution in [0.1, 0.15) is 55.0 Å². The van der Waals surface area contributed by atoms with Crippen LogP contribution >= 0.6 is 11.6 Å². The number of methoxy groups -OCH3 is 1. The Morgan fingerprint density at radius 1 is 1.17 bits per heavy atom. The summed E-state index contributed by atoms with van der Waals surface area (Å²) in [5.74, 6) is 1.59. The fraction of sp³-hybridized carbons (Fsp3) is 0.625. The van der Waals surface area contributed by atoms with Crippen LogP contribution < -0.4 is 4.74 Å². The zero-order chi connectivity index (χ0) is 13.0. The summed E-state index contributed by atoms with van der Waals surface area (Å²) in [7, 11) is 1.71. The molecule has 1 aliphatic rings. The minimum Gasteiger partial charge on any atom is -0.496 e. The van der Waals surface area contributed by atoms with E-state index in [9.17, 15) is 0 Å². The normalized spacial score (nSPS) is 19.3. The van der Waals surface area contributed by atoms with Crippen molar-refractivity contribution in [1.82, 2.24) is 0 Å². The van der Waals surface area contributed by atoms with Crippen LogP contribution in [-0.4, -0.2) is 7.11 Å². The number of ether oxygens (including phenoxy) is 1. The molecule has 0 aromatic heterocycles. The molecule has 0 spiro atoms. The second kappa shape index (κ2) is 6.47. The molecule has 2 rings (SSSR count). The average Bonchev–Trinajstić information content (AvgIpc) is 2.66. The average molecular weight is 267 g/mol. The Morgan fingerprint density at radius 2 is 1.83 bits per heavy atom. The lowest BCUT2D eigenvalue weighted by atomic mass is 9.91. The molecule has 0 bridgehead atoms. The molecule has 1 fully saturated rings. The molecule has 1 unspecified atom stereocenters. The van der Waals surface area contributed by atoms with E-state index in [1.807, 2.05) is 6.07 Å². The van der Waals surface area contributed by atoms with Crippen molar-refractivity contribution in [3.05, 3.63) is 29.3 Å². The van der Waals surface area contributed by atoms with Gasteiger partial charge in [-0.15, -0.1) is 11.6 Å². The lowest BCUT2D eigenvalue weighted by molar-refractivity contribution is 0.410. The minimum absolute atomic E-state index is 0.160. The lowest BCUT2D eigenvalue weighted by Gasteiger charge is -2.21. The van der Waals surface area contributed by atoms with Gasteiger partial charge in [0.05, 0.1) is 12.5 Å². The van der Waals surface area contributed by atoms with Crippen LogP contribution in [0.3, 0.4) is 0 Å². The largest absolute Gasteiger partial charge is 0.496 e. The summed E-state index contributed by atoms with van der Waals surface area (Å²) < 4.78 is 5.30. The first kappa shape index (κ1) is 13.7. The van der Waals surface area contributed by atoms with Crippen molar-refractivity contribution in [3.63, 3.8) is 0 Å². The van der Waals surface area contributed by atoms with Crippen LogP contribution in [0.25, 0.3) is 0 Å². The molecule has 1 atom stereocenters. The summed E-state index contributed by atoms with van der Waals surface area (Å²) in [6, 6.07) is 6.34. The summed E-state index contributed by atoms with van der Waals surface area (Å²) in [6.07, 6.45) is 7.98.